The molecule has 0 heterocycles. The summed E-state index contributed by atoms with van der Waals surface area (Å²) in [4.78, 5) is 9.81. The van der Waals surface area contributed by atoms with Crippen molar-refractivity contribution in [3.8, 4) is 0 Å². The summed E-state index contributed by atoms with van der Waals surface area (Å²) in [5.74, 6) is -2.08. The maximum atomic E-state index is 11.2. The van der Waals surface area contributed by atoms with Crippen LogP contribution in [0.5, 0.6) is 0 Å². The second kappa shape index (κ2) is 2.16. The van der Waals surface area contributed by atoms with Gasteiger partial charge in [0.25, 0.3) is 5.78 Å². The third kappa shape index (κ3) is 2.25. The van der Waals surface area contributed by atoms with Gasteiger partial charge in [-0.2, -0.15) is 13.2 Å². The van der Waals surface area contributed by atoms with Crippen molar-refractivity contribution >= 4 is 11.5 Å². The van der Waals surface area contributed by atoms with E-state index in [1.54, 1.807) is 0 Å². The van der Waals surface area contributed by atoms with Crippen LogP contribution >= 0.6 is 0 Å². The number of rotatable bonds is 1. The zero-order chi connectivity index (χ0) is 7.65. The van der Waals surface area contributed by atoms with Gasteiger partial charge in [0.1, 0.15) is 0 Å². The Bertz CT molecular complexity index is 148. The second-order valence-electron chi connectivity index (χ2n) is 1.45. The molecule has 1 N–H and O–H groups in total. The lowest BCUT2D eigenvalue weighted by molar-refractivity contribution is -0.163. The first-order chi connectivity index (χ1) is 3.85. The first kappa shape index (κ1) is 8.13. The van der Waals surface area contributed by atoms with Crippen molar-refractivity contribution in [3.05, 3.63) is 0 Å². The van der Waals surface area contributed by atoms with Crippen LogP contribution in [0.25, 0.3) is 0 Å². The number of ketones is 1. The van der Waals surface area contributed by atoms with E-state index in [2.05, 4.69) is 0 Å². The van der Waals surface area contributed by atoms with Gasteiger partial charge >= 0.3 is 6.18 Å². The van der Waals surface area contributed by atoms with Crippen molar-refractivity contribution < 1.29 is 18.0 Å². The van der Waals surface area contributed by atoms with Crippen LogP contribution in [0.3, 0.4) is 0 Å². The fourth-order valence-corrected chi connectivity index (χ4v) is 0.213. The van der Waals surface area contributed by atoms with E-state index in [-0.39, 0.29) is 0 Å². The van der Waals surface area contributed by atoms with E-state index in [1.165, 1.54) is 0 Å². The zero-order valence-electron chi connectivity index (χ0n) is 4.54. The number of alkyl halides is 3. The molecule has 0 aliphatic carbocycles. The highest BCUT2D eigenvalue weighted by Gasteiger charge is 2.39. The molecular weight excluding hydrogens is 135 g/mol. The number of Topliss-reactive ketones (excluding diaryl/α,β-unsaturated/α-hetero) is 1. The second-order valence-corrected chi connectivity index (χ2v) is 1.45. The monoisotopic (exact) mass is 139 g/mol. The maximum absolute atomic E-state index is 11.2. The molecule has 0 aliphatic rings. The van der Waals surface area contributed by atoms with Crippen LogP contribution < -0.4 is 0 Å². The van der Waals surface area contributed by atoms with E-state index in [9.17, 15) is 18.0 Å². The molecular formula is C4H4F3NO. The fourth-order valence-electron chi connectivity index (χ4n) is 0.213. The summed E-state index contributed by atoms with van der Waals surface area (Å²) < 4.78 is 33.6. The molecule has 0 rings (SSSR count). The van der Waals surface area contributed by atoms with Gasteiger partial charge in [0.2, 0.25) is 0 Å². The SMILES string of the molecule is CC(=N)C(=O)C(F)(F)F. The lowest BCUT2D eigenvalue weighted by Crippen LogP contribution is -2.28. The fraction of sp³-hybridized carbons (Fsp3) is 0.500. The predicted molar refractivity (Wildman–Crippen MR) is 24.5 cm³/mol. The first-order valence-corrected chi connectivity index (χ1v) is 2.02. The Morgan fingerprint density at radius 1 is 1.44 bits per heavy atom. The summed E-state index contributed by atoms with van der Waals surface area (Å²) in [7, 11) is 0. The molecule has 0 radical (unpaired) electrons. The zero-order valence-corrected chi connectivity index (χ0v) is 4.54. The summed E-state index contributed by atoms with van der Waals surface area (Å²) in [6.07, 6.45) is -4.88. The van der Waals surface area contributed by atoms with E-state index < -0.39 is 17.7 Å². The van der Waals surface area contributed by atoms with Gasteiger partial charge in [-0.1, -0.05) is 0 Å². The molecule has 0 atom stereocenters. The molecule has 0 saturated carbocycles. The molecule has 0 spiro atoms. The molecule has 0 aromatic heterocycles. The van der Waals surface area contributed by atoms with Crippen LogP contribution in [0.15, 0.2) is 0 Å². The lowest BCUT2D eigenvalue weighted by Gasteiger charge is -2.00. The molecule has 0 bridgehead atoms. The van der Waals surface area contributed by atoms with Crippen LogP contribution in [0.4, 0.5) is 13.2 Å². The maximum Gasteiger partial charge on any atom is 0.456 e. The van der Waals surface area contributed by atoms with Crippen LogP contribution in [-0.2, 0) is 4.79 Å². The van der Waals surface area contributed by atoms with Gasteiger partial charge in [0.15, 0.2) is 0 Å². The Balaban J connectivity index is 4.23. The molecule has 0 aromatic carbocycles. The van der Waals surface area contributed by atoms with Crippen molar-refractivity contribution in [2.45, 2.75) is 13.1 Å². The van der Waals surface area contributed by atoms with Crippen LogP contribution in [0.1, 0.15) is 6.92 Å². The molecule has 0 saturated heterocycles. The Morgan fingerprint density at radius 2 is 1.78 bits per heavy atom. The van der Waals surface area contributed by atoms with Crippen molar-refractivity contribution in [3.63, 3.8) is 0 Å². The normalized spacial score (nSPS) is 11.1. The van der Waals surface area contributed by atoms with Crippen LogP contribution in [-0.4, -0.2) is 17.7 Å². The van der Waals surface area contributed by atoms with Gasteiger partial charge < -0.3 is 5.41 Å². The van der Waals surface area contributed by atoms with E-state index in [0.29, 0.717) is 0 Å². The van der Waals surface area contributed by atoms with Crippen molar-refractivity contribution in [1.29, 1.82) is 5.41 Å². The molecule has 2 nitrogen and oxygen atoms in total. The third-order valence-electron chi connectivity index (χ3n) is 0.598. The Morgan fingerprint density at radius 3 is 1.78 bits per heavy atom. The average molecular weight is 139 g/mol. The lowest BCUT2D eigenvalue weighted by atomic mass is 10.3. The topological polar surface area (TPSA) is 40.9 Å². The highest BCUT2D eigenvalue weighted by atomic mass is 19.4. The smallest absolute Gasteiger partial charge is 0.302 e. The third-order valence-corrected chi connectivity index (χ3v) is 0.598. The number of nitrogens with one attached hydrogen (secondary N) is 1. The molecule has 0 fully saturated rings. The average Bonchev–Trinajstić information content (AvgIpc) is 1.62. The molecule has 0 amide bonds. The summed E-state index contributed by atoms with van der Waals surface area (Å²) in [5.41, 5.74) is -0.984. The van der Waals surface area contributed by atoms with Gasteiger partial charge in [0, 0.05) is 0 Å². The summed E-state index contributed by atoms with van der Waals surface area (Å²) in [6.45, 7) is 0.801. The van der Waals surface area contributed by atoms with Gasteiger partial charge in [-0.05, 0) is 6.92 Å². The molecule has 9 heavy (non-hydrogen) atoms. The highest BCUT2D eigenvalue weighted by Crippen LogP contribution is 2.15. The van der Waals surface area contributed by atoms with Crippen molar-refractivity contribution in [2.24, 2.45) is 0 Å². The molecule has 0 unspecified atom stereocenters. The minimum atomic E-state index is -4.88. The number of hydrogen-bond donors (Lipinski definition) is 1. The minimum absolute atomic E-state index is 0.801. The Hall–Kier alpha value is -0.870. The number of carbonyl (C=O) groups excluding carboxylic acids is 1. The first-order valence-electron chi connectivity index (χ1n) is 2.02. The predicted octanol–water partition coefficient (Wildman–Crippen LogP) is 1.16. The van der Waals surface area contributed by atoms with Crippen molar-refractivity contribution in [2.75, 3.05) is 0 Å². The van der Waals surface area contributed by atoms with Crippen LogP contribution in [0, 0.1) is 5.41 Å². The Kier molecular flexibility index (Phi) is 1.95. The summed E-state index contributed by atoms with van der Waals surface area (Å²) in [6, 6.07) is 0. The highest BCUT2D eigenvalue weighted by molar-refractivity contribution is 6.39. The molecule has 52 valence electrons. The summed E-state index contributed by atoms with van der Waals surface area (Å²) in [5, 5.41) is 6.29. The van der Waals surface area contributed by atoms with Gasteiger partial charge in [-0.3, -0.25) is 4.79 Å². The van der Waals surface area contributed by atoms with E-state index in [4.69, 9.17) is 5.41 Å². The number of carbonyl (C=O) groups is 1. The summed E-state index contributed by atoms with van der Waals surface area (Å²) >= 11 is 0. The molecule has 0 aromatic rings. The van der Waals surface area contributed by atoms with Crippen LogP contribution in [0.2, 0.25) is 0 Å². The van der Waals surface area contributed by atoms with Crippen molar-refractivity contribution in [1.82, 2.24) is 0 Å². The van der Waals surface area contributed by atoms with Gasteiger partial charge in [0.05, 0.1) is 5.71 Å². The van der Waals surface area contributed by atoms with Gasteiger partial charge in [-0.25, -0.2) is 0 Å². The standard InChI is InChI=1S/C4H4F3NO/c1-2(8)3(9)4(5,6)7/h8H,1H3. The molecule has 5 heteroatoms. The van der Waals surface area contributed by atoms with E-state index in [1.807, 2.05) is 0 Å². The minimum Gasteiger partial charge on any atom is -0.302 e. The Labute approximate surface area is 49.2 Å². The van der Waals surface area contributed by atoms with E-state index >= 15 is 0 Å². The van der Waals surface area contributed by atoms with Gasteiger partial charge in [-0.15, -0.1) is 0 Å². The number of hydrogen-bond acceptors (Lipinski definition) is 2. The molecule has 0 aliphatic heterocycles. The quantitative estimate of drug-likeness (QED) is 0.544. The number of halogens is 3. The van der Waals surface area contributed by atoms with E-state index in [0.717, 1.165) is 6.92 Å². The largest absolute Gasteiger partial charge is 0.456 e.